The van der Waals surface area contributed by atoms with Crippen LogP contribution in [0.2, 0.25) is 0 Å². The number of carbonyl (C=O) groups is 1. The minimum absolute atomic E-state index is 0.180. The van der Waals surface area contributed by atoms with Gasteiger partial charge in [-0.05, 0) is 40.0 Å². The van der Waals surface area contributed by atoms with Crippen molar-refractivity contribution in [1.82, 2.24) is 5.32 Å². The van der Waals surface area contributed by atoms with Crippen LogP contribution < -0.4 is 5.32 Å². The molecule has 1 aromatic carbocycles. The molecule has 0 radical (unpaired) electrons. The van der Waals surface area contributed by atoms with Crippen LogP contribution in [-0.4, -0.2) is 25.8 Å². The summed E-state index contributed by atoms with van der Waals surface area (Å²) < 4.78 is 24.8. The molecule has 1 N–H and O–H groups in total. The number of rotatable bonds is 6. The van der Waals surface area contributed by atoms with Crippen molar-refractivity contribution in [2.24, 2.45) is 0 Å². The second kappa shape index (κ2) is 7.39. The molecule has 1 heterocycles. The standard InChI is InChI=1S/C15H16BrNO3S2/c1-22(19,20)13(9-11-5-3-2-4-6-11)15(18)17-10-12-7-8-14(16)21-12/h2-8,13H,9-10H2,1H3,(H,17,18)/t13-/m1/s1. The molecule has 2 rings (SSSR count). The zero-order valence-electron chi connectivity index (χ0n) is 12.0. The molecule has 22 heavy (non-hydrogen) atoms. The maximum absolute atomic E-state index is 12.3. The van der Waals surface area contributed by atoms with E-state index >= 15 is 0 Å². The number of nitrogens with one attached hydrogen (secondary N) is 1. The lowest BCUT2D eigenvalue weighted by atomic mass is 10.1. The fraction of sp³-hybridized carbons (Fsp3) is 0.267. The van der Waals surface area contributed by atoms with Gasteiger partial charge in [0.1, 0.15) is 5.25 Å². The minimum Gasteiger partial charge on any atom is -0.350 e. The highest BCUT2D eigenvalue weighted by Crippen LogP contribution is 2.21. The summed E-state index contributed by atoms with van der Waals surface area (Å²) in [6, 6.07) is 12.9. The number of hydrogen-bond donors (Lipinski definition) is 1. The molecule has 0 fully saturated rings. The van der Waals surface area contributed by atoms with Crippen molar-refractivity contribution in [2.75, 3.05) is 6.26 Å². The van der Waals surface area contributed by atoms with Crippen molar-refractivity contribution in [1.29, 1.82) is 0 Å². The van der Waals surface area contributed by atoms with Gasteiger partial charge in [-0.15, -0.1) is 11.3 Å². The summed E-state index contributed by atoms with van der Waals surface area (Å²) in [5, 5.41) is 1.64. The summed E-state index contributed by atoms with van der Waals surface area (Å²) in [6.07, 6.45) is 1.28. The van der Waals surface area contributed by atoms with E-state index in [-0.39, 0.29) is 6.42 Å². The molecule has 4 nitrogen and oxygen atoms in total. The number of halogens is 1. The third-order valence-electron chi connectivity index (χ3n) is 3.14. The van der Waals surface area contributed by atoms with E-state index in [1.165, 1.54) is 11.3 Å². The Kier molecular flexibility index (Phi) is 5.77. The Balaban J connectivity index is 2.07. The Bertz CT molecular complexity index is 741. The summed E-state index contributed by atoms with van der Waals surface area (Å²) in [6.45, 7) is 0.329. The molecular weight excluding hydrogens is 386 g/mol. The fourth-order valence-electron chi connectivity index (χ4n) is 2.00. The number of amides is 1. The van der Waals surface area contributed by atoms with Crippen LogP contribution >= 0.6 is 27.3 Å². The van der Waals surface area contributed by atoms with Gasteiger partial charge in [0.15, 0.2) is 9.84 Å². The molecule has 0 bridgehead atoms. The smallest absolute Gasteiger partial charge is 0.238 e. The molecule has 1 aromatic heterocycles. The van der Waals surface area contributed by atoms with E-state index in [0.29, 0.717) is 6.54 Å². The second-order valence-corrected chi connectivity index (χ2v) is 9.71. The Hall–Kier alpha value is -1.18. The Labute approximate surface area is 142 Å². The fourth-order valence-corrected chi connectivity index (χ4v) is 4.39. The van der Waals surface area contributed by atoms with Gasteiger partial charge in [0.2, 0.25) is 5.91 Å². The number of benzene rings is 1. The van der Waals surface area contributed by atoms with Crippen molar-refractivity contribution < 1.29 is 13.2 Å². The van der Waals surface area contributed by atoms with Gasteiger partial charge in [-0.2, -0.15) is 0 Å². The molecule has 7 heteroatoms. The van der Waals surface area contributed by atoms with Crippen molar-refractivity contribution in [3.63, 3.8) is 0 Å². The maximum atomic E-state index is 12.3. The quantitative estimate of drug-likeness (QED) is 0.808. The highest BCUT2D eigenvalue weighted by Gasteiger charge is 2.28. The van der Waals surface area contributed by atoms with E-state index in [0.717, 1.165) is 20.5 Å². The van der Waals surface area contributed by atoms with Crippen LogP contribution in [0.4, 0.5) is 0 Å². The molecular formula is C15H16BrNO3S2. The van der Waals surface area contributed by atoms with Crippen LogP contribution in [0.1, 0.15) is 10.4 Å². The van der Waals surface area contributed by atoms with Gasteiger partial charge in [0, 0.05) is 11.1 Å². The van der Waals surface area contributed by atoms with Gasteiger partial charge in [-0.1, -0.05) is 30.3 Å². The summed E-state index contributed by atoms with van der Waals surface area (Å²) in [4.78, 5) is 13.2. The van der Waals surface area contributed by atoms with Crippen molar-refractivity contribution >= 4 is 43.0 Å². The molecule has 0 aliphatic heterocycles. The summed E-state index contributed by atoms with van der Waals surface area (Å²) in [5.41, 5.74) is 0.826. The Morgan fingerprint density at radius 1 is 1.23 bits per heavy atom. The molecule has 2 aromatic rings. The molecule has 118 valence electrons. The summed E-state index contributed by atoms with van der Waals surface area (Å²) >= 11 is 4.86. The number of sulfone groups is 1. The maximum Gasteiger partial charge on any atom is 0.238 e. The lowest BCUT2D eigenvalue weighted by Crippen LogP contribution is -2.40. The zero-order valence-corrected chi connectivity index (χ0v) is 15.2. The van der Waals surface area contributed by atoms with Gasteiger partial charge in [-0.25, -0.2) is 8.42 Å². The third kappa shape index (κ3) is 4.93. The van der Waals surface area contributed by atoms with E-state index < -0.39 is 21.0 Å². The normalized spacial score (nSPS) is 12.8. The lowest BCUT2D eigenvalue weighted by Gasteiger charge is -2.15. The van der Waals surface area contributed by atoms with Gasteiger partial charge < -0.3 is 5.32 Å². The first-order valence-electron chi connectivity index (χ1n) is 6.61. The molecule has 1 atom stereocenters. The van der Waals surface area contributed by atoms with E-state index in [1.807, 2.05) is 42.5 Å². The van der Waals surface area contributed by atoms with Crippen LogP contribution in [0.25, 0.3) is 0 Å². The number of hydrogen-bond acceptors (Lipinski definition) is 4. The second-order valence-electron chi connectivity index (χ2n) is 4.93. The first-order valence-corrected chi connectivity index (χ1v) is 10.2. The predicted molar refractivity (Wildman–Crippen MR) is 92.6 cm³/mol. The van der Waals surface area contributed by atoms with Crippen LogP contribution in [0.3, 0.4) is 0 Å². The van der Waals surface area contributed by atoms with E-state index in [1.54, 1.807) is 0 Å². The molecule has 0 aliphatic carbocycles. The SMILES string of the molecule is CS(=O)(=O)[C@H](Cc1ccccc1)C(=O)NCc1ccc(Br)s1. The molecule has 0 saturated carbocycles. The summed E-state index contributed by atoms with van der Waals surface area (Å²) in [5.74, 6) is -0.462. The average Bonchev–Trinajstić information content (AvgIpc) is 2.88. The highest BCUT2D eigenvalue weighted by atomic mass is 79.9. The van der Waals surface area contributed by atoms with E-state index in [2.05, 4.69) is 21.2 Å². The van der Waals surface area contributed by atoms with Crippen LogP contribution in [0.5, 0.6) is 0 Å². The van der Waals surface area contributed by atoms with Crippen molar-refractivity contribution in [3.05, 3.63) is 56.7 Å². The lowest BCUT2D eigenvalue weighted by molar-refractivity contribution is -0.120. The molecule has 0 aliphatic rings. The molecule has 0 saturated heterocycles. The Morgan fingerprint density at radius 3 is 2.45 bits per heavy atom. The highest BCUT2D eigenvalue weighted by molar-refractivity contribution is 9.11. The van der Waals surface area contributed by atoms with Crippen molar-refractivity contribution in [2.45, 2.75) is 18.2 Å². The molecule has 0 spiro atoms. The van der Waals surface area contributed by atoms with Crippen molar-refractivity contribution in [3.8, 4) is 0 Å². The largest absolute Gasteiger partial charge is 0.350 e. The van der Waals surface area contributed by atoms with E-state index in [9.17, 15) is 13.2 Å². The van der Waals surface area contributed by atoms with Gasteiger partial charge in [0.05, 0.1) is 10.3 Å². The molecule has 0 unspecified atom stereocenters. The van der Waals surface area contributed by atoms with Gasteiger partial charge in [-0.3, -0.25) is 4.79 Å². The predicted octanol–water partition coefficient (Wildman–Crippen LogP) is 2.78. The van der Waals surface area contributed by atoms with Crippen LogP contribution in [0.15, 0.2) is 46.3 Å². The molecule has 1 amide bonds. The van der Waals surface area contributed by atoms with Crippen LogP contribution in [0, 0.1) is 0 Å². The van der Waals surface area contributed by atoms with E-state index in [4.69, 9.17) is 0 Å². The van der Waals surface area contributed by atoms with Crippen LogP contribution in [-0.2, 0) is 27.6 Å². The topological polar surface area (TPSA) is 63.2 Å². The Morgan fingerprint density at radius 2 is 1.91 bits per heavy atom. The number of thiophene rings is 1. The monoisotopic (exact) mass is 401 g/mol. The average molecular weight is 402 g/mol. The first kappa shape index (κ1) is 17.2. The third-order valence-corrected chi connectivity index (χ3v) is 6.18. The first-order chi connectivity index (χ1) is 10.4. The number of carbonyl (C=O) groups excluding carboxylic acids is 1. The van der Waals surface area contributed by atoms with Gasteiger partial charge in [0.25, 0.3) is 0 Å². The summed E-state index contributed by atoms with van der Waals surface area (Å²) in [7, 11) is -3.48. The van der Waals surface area contributed by atoms with Gasteiger partial charge >= 0.3 is 0 Å². The minimum atomic E-state index is -3.48. The zero-order chi connectivity index (χ0) is 16.2.